The largest absolute Gasteiger partial charge is 0.350 e. The smallest absolute Gasteiger partial charge is 0.244 e. The Balaban J connectivity index is 1.70. The molecule has 1 saturated heterocycles. The van der Waals surface area contributed by atoms with Gasteiger partial charge in [-0.1, -0.05) is 54.4 Å². The van der Waals surface area contributed by atoms with Crippen molar-refractivity contribution in [3.8, 4) is 0 Å². The molecule has 0 saturated carbocycles. The molecular formula is C23H29Cl2N3O3S. The molecule has 32 heavy (non-hydrogen) atoms. The molecule has 1 atom stereocenters. The number of nitrogens with zero attached hydrogens (tertiary/aromatic N) is 2. The summed E-state index contributed by atoms with van der Waals surface area (Å²) in [5.41, 5.74) is 2.38. The van der Waals surface area contributed by atoms with Gasteiger partial charge in [-0.15, -0.1) is 0 Å². The first kappa shape index (κ1) is 24.8. The number of carbonyl (C=O) groups excluding carboxylic acids is 1. The van der Waals surface area contributed by atoms with Gasteiger partial charge in [0.2, 0.25) is 15.9 Å². The van der Waals surface area contributed by atoms with Crippen molar-refractivity contribution in [1.29, 1.82) is 0 Å². The number of halogens is 2. The van der Waals surface area contributed by atoms with Crippen molar-refractivity contribution in [3.05, 3.63) is 63.6 Å². The highest BCUT2D eigenvalue weighted by Crippen LogP contribution is 2.33. The number of hydrogen-bond donors (Lipinski definition) is 1. The summed E-state index contributed by atoms with van der Waals surface area (Å²) in [6.45, 7) is 5.29. The van der Waals surface area contributed by atoms with Crippen LogP contribution in [0.15, 0.2) is 42.5 Å². The monoisotopic (exact) mass is 497 g/mol. The van der Waals surface area contributed by atoms with Crippen molar-refractivity contribution in [2.45, 2.75) is 45.3 Å². The van der Waals surface area contributed by atoms with E-state index >= 15 is 0 Å². The zero-order chi connectivity index (χ0) is 23.3. The molecule has 3 rings (SSSR count). The summed E-state index contributed by atoms with van der Waals surface area (Å²) in [7, 11) is -3.79. The maximum absolute atomic E-state index is 13.0. The lowest BCUT2D eigenvalue weighted by molar-refractivity contribution is -0.122. The van der Waals surface area contributed by atoms with Gasteiger partial charge in [0.15, 0.2) is 0 Å². The van der Waals surface area contributed by atoms with E-state index < -0.39 is 22.0 Å². The molecule has 2 aromatic rings. The van der Waals surface area contributed by atoms with Crippen LogP contribution in [0.3, 0.4) is 0 Å². The van der Waals surface area contributed by atoms with Gasteiger partial charge in [0.05, 0.1) is 17.0 Å². The Bertz CT molecular complexity index is 1040. The van der Waals surface area contributed by atoms with Crippen LogP contribution in [0.2, 0.25) is 10.0 Å². The van der Waals surface area contributed by atoms with Gasteiger partial charge in [-0.25, -0.2) is 8.42 Å². The zero-order valence-electron chi connectivity index (χ0n) is 18.4. The summed E-state index contributed by atoms with van der Waals surface area (Å²) in [4.78, 5) is 15.4. The Morgan fingerprint density at radius 1 is 1.09 bits per heavy atom. The fourth-order valence-electron chi connectivity index (χ4n) is 3.96. The van der Waals surface area contributed by atoms with Crippen LogP contribution in [0.5, 0.6) is 0 Å². The number of hydrogen-bond acceptors (Lipinski definition) is 4. The van der Waals surface area contributed by atoms with E-state index in [4.69, 9.17) is 23.2 Å². The van der Waals surface area contributed by atoms with E-state index in [0.29, 0.717) is 11.6 Å². The van der Waals surface area contributed by atoms with Gasteiger partial charge in [-0.05, 0) is 61.7 Å². The molecule has 1 aliphatic rings. The maximum atomic E-state index is 13.0. The van der Waals surface area contributed by atoms with E-state index in [1.807, 2.05) is 12.1 Å². The number of carbonyl (C=O) groups is 1. The molecule has 1 aliphatic heterocycles. The molecule has 1 N–H and O–H groups in total. The topological polar surface area (TPSA) is 69.7 Å². The highest BCUT2D eigenvalue weighted by molar-refractivity contribution is 7.92. The molecule has 0 spiro atoms. The number of anilines is 1. The van der Waals surface area contributed by atoms with Gasteiger partial charge in [0.25, 0.3) is 0 Å². The van der Waals surface area contributed by atoms with Crippen LogP contribution < -0.4 is 9.62 Å². The van der Waals surface area contributed by atoms with Crippen LogP contribution in [-0.4, -0.2) is 44.6 Å². The van der Waals surface area contributed by atoms with E-state index in [9.17, 15) is 13.2 Å². The fourth-order valence-corrected chi connectivity index (χ4v) is 5.60. The molecule has 0 unspecified atom stereocenters. The first-order valence-corrected chi connectivity index (χ1v) is 13.3. The summed E-state index contributed by atoms with van der Waals surface area (Å²) in [6, 6.07) is 11.7. The van der Waals surface area contributed by atoms with Gasteiger partial charge >= 0.3 is 0 Å². The third kappa shape index (κ3) is 6.38. The molecule has 1 amide bonds. The SMILES string of the molecule is CC[C@@H](C(=O)NCc1ccc(CN2CCCC2)cc1)N(c1cc(Cl)ccc1Cl)S(C)(=O)=O. The predicted molar refractivity (Wildman–Crippen MR) is 131 cm³/mol. The van der Waals surface area contributed by atoms with Crippen molar-refractivity contribution in [3.63, 3.8) is 0 Å². The van der Waals surface area contributed by atoms with Gasteiger partial charge in [-0.3, -0.25) is 14.0 Å². The third-order valence-corrected chi connectivity index (χ3v) is 7.29. The molecule has 1 heterocycles. The number of amides is 1. The highest BCUT2D eigenvalue weighted by Gasteiger charge is 2.32. The summed E-state index contributed by atoms with van der Waals surface area (Å²) in [5.74, 6) is -0.393. The van der Waals surface area contributed by atoms with Crippen LogP contribution in [0, 0.1) is 0 Å². The third-order valence-electron chi connectivity index (χ3n) is 5.57. The molecule has 9 heteroatoms. The van der Waals surface area contributed by atoms with E-state index in [1.165, 1.54) is 30.5 Å². The van der Waals surface area contributed by atoms with Crippen molar-refractivity contribution >= 4 is 44.8 Å². The summed E-state index contributed by atoms with van der Waals surface area (Å²) >= 11 is 12.3. The molecule has 1 fully saturated rings. The average molecular weight is 498 g/mol. The van der Waals surface area contributed by atoms with E-state index in [0.717, 1.165) is 35.8 Å². The fraction of sp³-hybridized carbons (Fsp3) is 0.435. The molecule has 0 radical (unpaired) electrons. The molecule has 2 aromatic carbocycles. The quantitative estimate of drug-likeness (QED) is 0.555. The zero-order valence-corrected chi connectivity index (χ0v) is 20.7. The van der Waals surface area contributed by atoms with E-state index in [-0.39, 0.29) is 17.1 Å². The van der Waals surface area contributed by atoms with Gasteiger partial charge in [0.1, 0.15) is 6.04 Å². The van der Waals surface area contributed by atoms with Crippen LogP contribution in [0.25, 0.3) is 0 Å². The molecule has 6 nitrogen and oxygen atoms in total. The van der Waals surface area contributed by atoms with Crippen LogP contribution in [-0.2, 0) is 27.9 Å². The Labute approximate surface area is 200 Å². The number of nitrogens with one attached hydrogen (secondary N) is 1. The second kappa shape index (κ2) is 10.9. The first-order chi connectivity index (χ1) is 15.2. The lowest BCUT2D eigenvalue weighted by Gasteiger charge is -2.30. The normalized spacial score (nSPS) is 15.5. The number of sulfonamides is 1. The Morgan fingerprint density at radius 2 is 1.72 bits per heavy atom. The van der Waals surface area contributed by atoms with Crippen molar-refractivity contribution in [1.82, 2.24) is 10.2 Å². The minimum Gasteiger partial charge on any atom is -0.350 e. The number of likely N-dealkylation sites (tertiary alicyclic amines) is 1. The standard InChI is InChI=1S/C23H29Cl2N3O3S/c1-3-21(28(32(2,30)31)22-14-19(24)10-11-20(22)25)23(29)26-15-17-6-8-18(9-7-17)16-27-12-4-5-13-27/h6-11,14,21H,3-5,12-13,15-16H2,1-2H3,(H,26,29)/t21-/m0/s1. The lowest BCUT2D eigenvalue weighted by Crippen LogP contribution is -2.49. The summed E-state index contributed by atoms with van der Waals surface area (Å²) in [6.07, 6.45) is 3.84. The van der Waals surface area contributed by atoms with Gasteiger partial charge < -0.3 is 5.32 Å². The maximum Gasteiger partial charge on any atom is 0.244 e. The minimum absolute atomic E-state index is 0.190. The Morgan fingerprint density at radius 3 is 2.31 bits per heavy atom. The van der Waals surface area contributed by atoms with Crippen molar-refractivity contribution in [2.75, 3.05) is 23.7 Å². The molecular weight excluding hydrogens is 469 g/mol. The molecule has 0 aromatic heterocycles. The Hall–Kier alpha value is -1.80. The summed E-state index contributed by atoms with van der Waals surface area (Å²) in [5, 5.41) is 3.41. The number of rotatable bonds is 9. The minimum atomic E-state index is -3.79. The van der Waals surface area contributed by atoms with E-state index in [1.54, 1.807) is 13.0 Å². The lowest BCUT2D eigenvalue weighted by atomic mass is 10.1. The van der Waals surface area contributed by atoms with Crippen molar-refractivity contribution in [2.24, 2.45) is 0 Å². The van der Waals surface area contributed by atoms with E-state index in [2.05, 4.69) is 22.3 Å². The first-order valence-electron chi connectivity index (χ1n) is 10.7. The predicted octanol–water partition coefficient (Wildman–Crippen LogP) is 4.45. The van der Waals surface area contributed by atoms with Gasteiger partial charge in [-0.2, -0.15) is 0 Å². The van der Waals surface area contributed by atoms with Crippen molar-refractivity contribution < 1.29 is 13.2 Å². The Kier molecular flexibility index (Phi) is 8.44. The second-order valence-corrected chi connectivity index (χ2v) is 10.8. The second-order valence-electron chi connectivity index (χ2n) is 8.10. The van der Waals surface area contributed by atoms with Crippen LogP contribution in [0.1, 0.15) is 37.3 Å². The highest BCUT2D eigenvalue weighted by atomic mass is 35.5. The molecule has 0 bridgehead atoms. The molecule has 174 valence electrons. The van der Waals surface area contributed by atoms with Crippen LogP contribution >= 0.6 is 23.2 Å². The number of benzene rings is 2. The van der Waals surface area contributed by atoms with Crippen LogP contribution in [0.4, 0.5) is 5.69 Å². The molecule has 0 aliphatic carbocycles. The van der Waals surface area contributed by atoms with Gasteiger partial charge in [0, 0.05) is 18.1 Å². The average Bonchev–Trinajstić information content (AvgIpc) is 3.25. The summed E-state index contributed by atoms with van der Waals surface area (Å²) < 4.78 is 26.2.